The number of ether oxygens (including phenoxy) is 2. The number of phenolic OH excluding ortho intramolecular Hbond substituents is 1. The predicted molar refractivity (Wildman–Crippen MR) is 122 cm³/mol. The second kappa shape index (κ2) is 8.91. The highest BCUT2D eigenvalue weighted by Gasteiger charge is 2.32. The van der Waals surface area contributed by atoms with Gasteiger partial charge in [-0.2, -0.15) is 0 Å². The molecule has 0 saturated heterocycles. The smallest absolute Gasteiger partial charge is 0.312 e. The number of esters is 1. The SMILES string of the molecule is Cc1cc2c(c(=O)n1CCc1ccc(O)cc1)[C@@H](c1ccc(OC(C)C)cc1)CC(=O)O2. The van der Waals surface area contributed by atoms with E-state index in [0.29, 0.717) is 24.3 Å². The number of carbonyl (C=O) groups is 1. The van der Waals surface area contributed by atoms with Gasteiger partial charge in [0.05, 0.1) is 18.1 Å². The summed E-state index contributed by atoms with van der Waals surface area (Å²) in [5, 5.41) is 9.48. The maximum atomic E-state index is 13.5. The van der Waals surface area contributed by atoms with E-state index in [4.69, 9.17) is 9.47 Å². The summed E-state index contributed by atoms with van der Waals surface area (Å²) in [5.41, 5.74) is 3.01. The van der Waals surface area contributed by atoms with E-state index in [1.54, 1.807) is 22.8 Å². The molecular weight excluding hydrogens is 406 g/mol. The van der Waals surface area contributed by atoms with Crippen LogP contribution in [0.15, 0.2) is 59.4 Å². The highest BCUT2D eigenvalue weighted by molar-refractivity contribution is 5.77. The van der Waals surface area contributed by atoms with Crippen LogP contribution in [-0.4, -0.2) is 21.7 Å². The van der Waals surface area contributed by atoms with Gasteiger partial charge in [0.1, 0.15) is 17.2 Å². The molecule has 0 fully saturated rings. The minimum atomic E-state index is -0.368. The Hall–Kier alpha value is -3.54. The molecule has 0 saturated carbocycles. The molecule has 1 aliphatic rings. The van der Waals surface area contributed by atoms with Crippen molar-refractivity contribution in [3.05, 3.63) is 87.3 Å². The third-order valence-electron chi connectivity index (χ3n) is 5.66. The molecule has 3 aromatic rings. The van der Waals surface area contributed by atoms with Crippen molar-refractivity contribution in [2.45, 2.75) is 52.2 Å². The summed E-state index contributed by atoms with van der Waals surface area (Å²) >= 11 is 0. The lowest BCUT2D eigenvalue weighted by Gasteiger charge is -2.26. The van der Waals surface area contributed by atoms with E-state index in [0.717, 1.165) is 22.6 Å². The first-order valence-corrected chi connectivity index (χ1v) is 10.8. The summed E-state index contributed by atoms with van der Waals surface area (Å²) in [6, 6.07) is 16.3. The van der Waals surface area contributed by atoms with Crippen molar-refractivity contribution < 1.29 is 19.4 Å². The number of hydrogen-bond donors (Lipinski definition) is 1. The van der Waals surface area contributed by atoms with E-state index in [1.807, 2.05) is 57.2 Å². The molecule has 0 amide bonds. The van der Waals surface area contributed by atoms with Crippen LogP contribution >= 0.6 is 0 Å². The number of rotatable bonds is 6. The molecular formula is C26H27NO5. The standard InChI is InChI=1S/C26H27NO5/c1-16(2)31-21-10-6-19(7-11-21)22-15-24(29)32-23-14-17(3)27(26(30)25(22)23)13-12-18-4-8-20(28)9-5-18/h4-11,14,16,22,28H,12-13,15H2,1-3H3/t22-/m1/s1. The van der Waals surface area contributed by atoms with E-state index in [2.05, 4.69) is 0 Å². The van der Waals surface area contributed by atoms with Gasteiger partial charge in [-0.3, -0.25) is 9.59 Å². The maximum absolute atomic E-state index is 13.5. The lowest BCUT2D eigenvalue weighted by molar-refractivity contribution is -0.135. The zero-order valence-electron chi connectivity index (χ0n) is 18.5. The summed E-state index contributed by atoms with van der Waals surface area (Å²) in [5.74, 6) is 0.595. The van der Waals surface area contributed by atoms with Crippen molar-refractivity contribution in [2.24, 2.45) is 0 Å². The Labute approximate surface area is 187 Å². The van der Waals surface area contributed by atoms with Crippen LogP contribution in [-0.2, 0) is 17.8 Å². The van der Waals surface area contributed by atoms with Gasteiger partial charge in [-0.15, -0.1) is 0 Å². The van der Waals surface area contributed by atoms with Crippen molar-refractivity contribution in [1.82, 2.24) is 4.57 Å². The Morgan fingerprint density at radius 2 is 1.78 bits per heavy atom. The first-order valence-electron chi connectivity index (χ1n) is 10.8. The molecule has 6 heteroatoms. The average molecular weight is 434 g/mol. The molecule has 1 aromatic heterocycles. The van der Waals surface area contributed by atoms with Crippen LogP contribution in [0.4, 0.5) is 0 Å². The molecule has 2 aromatic carbocycles. The first kappa shape index (κ1) is 21.7. The topological polar surface area (TPSA) is 77.8 Å². The largest absolute Gasteiger partial charge is 0.508 e. The molecule has 2 heterocycles. The highest BCUT2D eigenvalue weighted by atomic mass is 16.5. The number of pyridine rings is 1. The number of benzene rings is 2. The van der Waals surface area contributed by atoms with Crippen molar-refractivity contribution in [1.29, 1.82) is 0 Å². The molecule has 1 N–H and O–H groups in total. The van der Waals surface area contributed by atoms with Gasteiger partial charge in [-0.1, -0.05) is 24.3 Å². The summed E-state index contributed by atoms with van der Waals surface area (Å²) in [6.45, 7) is 6.26. The monoisotopic (exact) mass is 433 g/mol. The van der Waals surface area contributed by atoms with Crippen LogP contribution in [0.3, 0.4) is 0 Å². The molecule has 0 aliphatic carbocycles. The van der Waals surface area contributed by atoms with Gasteiger partial charge in [-0.25, -0.2) is 0 Å². The second-order valence-electron chi connectivity index (χ2n) is 8.40. The van der Waals surface area contributed by atoms with Crippen molar-refractivity contribution in [2.75, 3.05) is 0 Å². The van der Waals surface area contributed by atoms with Crippen LogP contribution < -0.4 is 15.0 Å². The first-order chi connectivity index (χ1) is 15.3. The highest BCUT2D eigenvalue weighted by Crippen LogP contribution is 2.37. The number of aryl methyl sites for hydroxylation is 2. The van der Waals surface area contributed by atoms with E-state index >= 15 is 0 Å². The minimum absolute atomic E-state index is 0.0648. The average Bonchev–Trinajstić information content (AvgIpc) is 2.74. The molecule has 0 radical (unpaired) electrons. The molecule has 166 valence electrons. The Morgan fingerprint density at radius 3 is 2.44 bits per heavy atom. The van der Waals surface area contributed by atoms with Crippen LogP contribution in [0.2, 0.25) is 0 Å². The molecule has 1 aliphatic heterocycles. The zero-order chi connectivity index (χ0) is 22.8. The lowest BCUT2D eigenvalue weighted by Crippen LogP contribution is -2.33. The summed E-state index contributed by atoms with van der Waals surface area (Å²) in [4.78, 5) is 25.8. The van der Waals surface area contributed by atoms with E-state index < -0.39 is 0 Å². The Kier molecular flexibility index (Phi) is 6.04. The van der Waals surface area contributed by atoms with Gasteiger partial charge in [0, 0.05) is 24.2 Å². The van der Waals surface area contributed by atoms with Crippen molar-refractivity contribution in [3.63, 3.8) is 0 Å². The van der Waals surface area contributed by atoms with Crippen LogP contribution in [0.5, 0.6) is 17.2 Å². The Balaban J connectivity index is 1.68. The predicted octanol–water partition coefficient (Wildman–Crippen LogP) is 4.33. The third-order valence-corrected chi connectivity index (χ3v) is 5.66. The fraction of sp³-hybridized carbons (Fsp3) is 0.308. The van der Waals surface area contributed by atoms with Gasteiger partial charge in [0.25, 0.3) is 5.56 Å². The number of hydrogen-bond acceptors (Lipinski definition) is 5. The van der Waals surface area contributed by atoms with Gasteiger partial charge in [0.15, 0.2) is 0 Å². The number of aromatic nitrogens is 1. The summed E-state index contributed by atoms with van der Waals surface area (Å²) in [6.07, 6.45) is 0.828. The van der Waals surface area contributed by atoms with Crippen LogP contribution in [0.25, 0.3) is 0 Å². The van der Waals surface area contributed by atoms with E-state index in [1.165, 1.54) is 0 Å². The number of fused-ring (bicyclic) bond motifs is 1. The third kappa shape index (κ3) is 4.54. The van der Waals surface area contributed by atoms with Gasteiger partial charge in [-0.05, 0) is 62.6 Å². The number of nitrogens with zero attached hydrogens (tertiary/aromatic N) is 1. The number of phenols is 1. The summed E-state index contributed by atoms with van der Waals surface area (Å²) < 4.78 is 12.9. The van der Waals surface area contributed by atoms with Gasteiger partial charge in [0.2, 0.25) is 0 Å². The van der Waals surface area contributed by atoms with Crippen molar-refractivity contribution >= 4 is 5.97 Å². The molecule has 6 nitrogen and oxygen atoms in total. The Bertz CT molecular complexity index is 1180. The van der Waals surface area contributed by atoms with Crippen LogP contribution in [0.1, 0.15) is 48.6 Å². The summed E-state index contributed by atoms with van der Waals surface area (Å²) in [7, 11) is 0. The molecule has 0 bridgehead atoms. The molecule has 0 unspecified atom stereocenters. The minimum Gasteiger partial charge on any atom is -0.508 e. The van der Waals surface area contributed by atoms with Gasteiger partial charge < -0.3 is 19.1 Å². The van der Waals surface area contributed by atoms with Gasteiger partial charge >= 0.3 is 5.97 Å². The second-order valence-corrected chi connectivity index (χ2v) is 8.40. The van der Waals surface area contributed by atoms with Crippen LogP contribution in [0, 0.1) is 6.92 Å². The molecule has 0 spiro atoms. The Morgan fingerprint density at radius 1 is 1.09 bits per heavy atom. The number of carbonyl (C=O) groups excluding carboxylic acids is 1. The van der Waals surface area contributed by atoms with Crippen molar-refractivity contribution in [3.8, 4) is 17.2 Å². The maximum Gasteiger partial charge on any atom is 0.312 e. The normalized spacial score (nSPS) is 15.4. The van der Waals surface area contributed by atoms with E-state index in [9.17, 15) is 14.7 Å². The lowest BCUT2D eigenvalue weighted by atomic mass is 9.87. The molecule has 4 rings (SSSR count). The zero-order valence-corrected chi connectivity index (χ0v) is 18.5. The fourth-order valence-electron chi connectivity index (χ4n) is 4.11. The fourth-order valence-corrected chi connectivity index (χ4v) is 4.11. The van der Waals surface area contributed by atoms with E-state index in [-0.39, 0.29) is 35.7 Å². The molecule has 1 atom stereocenters. The number of aromatic hydroxyl groups is 1. The quantitative estimate of drug-likeness (QED) is 0.586. The molecule has 32 heavy (non-hydrogen) atoms.